The van der Waals surface area contributed by atoms with Gasteiger partial charge in [0.25, 0.3) is 0 Å². The average molecular weight is 316 g/mol. The number of benzene rings is 1. The molecule has 0 spiro atoms. The molecule has 0 radical (unpaired) electrons. The van der Waals surface area contributed by atoms with Gasteiger partial charge >= 0.3 is 0 Å². The van der Waals surface area contributed by atoms with Crippen molar-refractivity contribution in [2.24, 2.45) is 0 Å². The number of fused-ring (bicyclic) bond motifs is 4. The predicted octanol–water partition coefficient (Wildman–Crippen LogP) is 3.03. The van der Waals surface area contributed by atoms with E-state index in [0.29, 0.717) is 17.9 Å². The summed E-state index contributed by atoms with van der Waals surface area (Å²) >= 11 is 0. The van der Waals surface area contributed by atoms with Crippen molar-refractivity contribution in [3.63, 3.8) is 0 Å². The summed E-state index contributed by atoms with van der Waals surface area (Å²) in [7, 11) is 0. The molecule has 0 bridgehead atoms. The van der Waals surface area contributed by atoms with Crippen LogP contribution in [0.1, 0.15) is 5.69 Å². The lowest BCUT2D eigenvalue weighted by Crippen LogP contribution is -2.07. The van der Waals surface area contributed by atoms with E-state index in [2.05, 4.69) is 25.4 Å². The molecule has 0 amide bonds. The van der Waals surface area contributed by atoms with Crippen LogP contribution in [0.2, 0.25) is 0 Å². The minimum atomic E-state index is 0.545. The fourth-order valence-electron chi connectivity index (χ4n) is 2.84. The minimum absolute atomic E-state index is 0.545. The second-order valence-electron chi connectivity index (χ2n) is 5.39. The smallest absolute Gasteiger partial charge is 0.196 e. The van der Waals surface area contributed by atoms with Gasteiger partial charge in [0, 0.05) is 17.6 Å². The lowest BCUT2D eigenvalue weighted by atomic mass is 10.2. The molecular formula is C17H12N6O. The highest BCUT2D eigenvalue weighted by Crippen LogP contribution is 2.30. The van der Waals surface area contributed by atoms with Crippen LogP contribution in [0.3, 0.4) is 0 Å². The number of hydrogen-bond acceptors (Lipinski definition) is 6. The molecule has 0 unspecified atom stereocenters. The van der Waals surface area contributed by atoms with Gasteiger partial charge in [-0.3, -0.25) is 0 Å². The Kier molecular flexibility index (Phi) is 2.72. The Morgan fingerprint density at radius 1 is 1.00 bits per heavy atom. The van der Waals surface area contributed by atoms with Gasteiger partial charge in [-0.25, -0.2) is 19.5 Å². The van der Waals surface area contributed by atoms with Crippen LogP contribution in [0.5, 0.6) is 0 Å². The van der Waals surface area contributed by atoms with Gasteiger partial charge in [-0.1, -0.05) is 12.1 Å². The van der Waals surface area contributed by atoms with Crippen LogP contribution in [0.25, 0.3) is 27.7 Å². The molecule has 0 aliphatic heterocycles. The van der Waals surface area contributed by atoms with Crippen molar-refractivity contribution in [1.29, 1.82) is 0 Å². The van der Waals surface area contributed by atoms with E-state index >= 15 is 0 Å². The zero-order valence-electron chi connectivity index (χ0n) is 12.5. The zero-order chi connectivity index (χ0) is 15.9. The number of aromatic nitrogens is 5. The van der Waals surface area contributed by atoms with Gasteiger partial charge in [-0.2, -0.15) is 5.10 Å². The van der Waals surface area contributed by atoms with Crippen molar-refractivity contribution in [1.82, 2.24) is 24.6 Å². The van der Waals surface area contributed by atoms with Crippen LogP contribution in [0.15, 0.2) is 59.5 Å². The number of nitrogens with one attached hydrogen (secondary N) is 1. The third-order valence-electron chi connectivity index (χ3n) is 3.96. The Bertz CT molecular complexity index is 1180. The van der Waals surface area contributed by atoms with Crippen LogP contribution in [0.4, 0.5) is 5.82 Å². The van der Waals surface area contributed by atoms with E-state index in [1.165, 1.54) is 0 Å². The number of furan rings is 1. The molecule has 0 saturated heterocycles. The van der Waals surface area contributed by atoms with Gasteiger partial charge in [-0.05, 0) is 18.2 Å². The maximum absolute atomic E-state index is 5.92. The standard InChI is InChI=1S/C17H12N6O/c1-2-4-13-12(3-1)15-16(24-13)17(21-10-20-15)19-9-11-5-7-18-14-6-8-22-23(11)14/h1-8,10H,9H2,(H,19,20,21). The summed E-state index contributed by atoms with van der Waals surface area (Å²) in [5, 5.41) is 8.58. The van der Waals surface area contributed by atoms with E-state index in [1.807, 2.05) is 36.4 Å². The maximum atomic E-state index is 5.92. The molecule has 4 heterocycles. The van der Waals surface area contributed by atoms with Gasteiger partial charge in [0.2, 0.25) is 0 Å². The molecule has 1 N–H and O–H groups in total. The van der Waals surface area contributed by atoms with E-state index < -0.39 is 0 Å². The van der Waals surface area contributed by atoms with Gasteiger partial charge in [-0.15, -0.1) is 0 Å². The lowest BCUT2D eigenvalue weighted by Gasteiger charge is -2.07. The van der Waals surface area contributed by atoms with E-state index in [-0.39, 0.29) is 0 Å². The lowest BCUT2D eigenvalue weighted by molar-refractivity contribution is 0.666. The van der Waals surface area contributed by atoms with Crippen LogP contribution in [-0.4, -0.2) is 24.6 Å². The fraction of sp³-hybridized carbons (Fsp3) is 0.0588. The Morgan fingerprint density at radius 3 is 2.96 bits per heavy atom. The molecule has 7 nitrogen and oxygen atoms in total. The first-order valence-corrected chi connectivity index (χ1v) is 7.54. The molecule has 5 aromatic rings. The van der Waals surface area contributed by atoms with E-state index in [4.69, 9.17) is 4.42 Å². The first-order chi connectivity index (χ1) is 11.9. The Hall–Kier alpha value is -3.48. The molecule has 0 aliphatic rings. The number of anilines is 1. The Labute approximate surface area is 136 Å². The van der Waals surface area contributed by atoms with Gasteiger partial charge < -0.3 is 9.73 Å². The second kappa shape index (κ2) is 5.02. The van der Waals surface area contributed by atoms with Crippen molar-refractivity contribution in [2.45, 2.75) is 6.54 Å². The first kappa shape index (κ1) is 13.0. The zero-order valence-corrected chi connectivity index (χ0v) is 12.5. The van der Waals surface area contributed by atoms with Crippen molar-refractivity contribution >= 4 is 33.5 Å². The Morgan fingerprint density at radius 2 is 1.96 bits per heavy atom. The molecule has 116 valence electrons. The topological polar surface area (TPSA) is 81.1 Å². The van der Waals surface area contributed by atoms with E-state index in [1.54, 1.807) is 23.2 Å². The minimum Gasteiger partial charge on any atom is -0.450 e. The maximum Gasteiger partial charge on any atom is 0.196 e. The number of hydrogen-bond donors (Lipinski definition) is 1. The molecule has 5 rings (SSSR count). The molecule has 4 aromatic heterocycles. The van der Waals surface area contributed by atoms with E-state index in [0.717, 1.165) is 27.8 Å². The molecule has 7 heteroatoms. The molecular weight excluding hydrogens is 304 g/mol. The summed E-state index contributed by atoms with van der Waals surface area (Å²) in [5.74, 6) is 0.660. The van der Waals surface area contributed by atoms with E-state index in [9.17, 15) is 0 Å². The first-order valence-electron chi connectivity index (χ1n) is 7.54. The molecule has 24 heavy (non-hydrogen) atoms. The molecule has 0 fully saturated rings. The third kappa shape index (κ3) is 1.91. The average Bonchev–Trinajstić information content (AvgIpc) is 3.24. The monoisotopic (exact) mass is 316 g/mol. The van der Waals surface area contributed by atoms with Crippen molar-refractivity contribution in [3.8, 4) is 0 Å². The summed E-state index contributed by atoms with van der Waals surface area (Å²) < 4.78 is 7.72. The van der Waals surface area contributed by atoms with Gasteiger partial charge in [0.05, 0.1) is 18.4 Å². The molecule has 0 aliphatic carbocycles. The molecule has 1 aromatic carbocycles. The Balaban J connectivity index is 1.56. The van der Waals surface area contributed by atoms with Crippen molar-refractivity contribution < 1.29 is 4.42 Å². The van der Waals surface area contributed by atoms with Crippen LogP contribution in [-0.2, 0) is 6.54 Å². The van der Waals surface area contributed by atoms with Crippen LogP contribution in [0, 0.1) is 0 Å². The highest BCUT2D eigenvalue weighted by Gasteiger charge is 2.13. The highest BCUT2D eigenvalue weighted by atomic mass is 16.3. The normalized spacial score (nSPS) is 11.5. The predicted molar refractivity (Wildman–Crippen MR) is 89.6 cm³/mol. The summed E-state index contributed by atoms with van der Waals surface area (Å²) in [6, 6.07) is 11.6. The number of nitrogens with zero attached hydrogens (tertiary/aromatic N) is 5. The van der Waals surface area contributed by atoms with Crippen LogP contribution < -0.4 is 5.32 Å². The van der Waals surface area contributed by atoms with Crippen LogP contribution >= 0.6 is 0 Å². The second-order valence-corrected chi connectivity index (χ2v) is 5.39. The fourth-order valence-corrected chi connectivity index (χ4v) is 2.84. The largest absolute Gasteiger partial charge is 0.450 e. The summed E-state index contributed by atoms with van der Waals surface area (Å²) in [5.41, 5.74) is 4.06. The summed E-state index contributed by atoms with van der Waals surface area (Å²) in [6.45, 7) is 0.545. The van der Waals surface area contributed by atoms with Crippen molar-refractivity contribution in [3.05, 3.63) is 60.8 Å². The number of para-hydroxylation sites is 1. The van der Waals surface area contributed by atoms with Gasteiger partial charge in [0.15, 0.2) is 17.0 Å². The van der Waals surface area contributed by atoms with Crippen molar-refractivity contribution in [2.75, 3.05) is 5.32 Å². The third-order valence-corrected chi connectivity index (χ3v) is 3.96. The summed E-state index contributed by atoms with van der Waals surface area (Å²) in [4.78, 5) is 12.9. The summed E-state index contributed by atoms with van der Waals surface area (Å²) in [6.07, 6.45) is 5.04. The molecule has 0 saturated carbocycles. The SMILES string of the molecule is c1ccc2c(c1)oc1c(NCc3ccnc4ccnn34)ncnc12. The van der Waals surface area contributed by atoms with Gasteiger partial charge in [0.1, 0.15) is 17.4 Å². The highest BCUT2D eigenvalue weighted by molar-refractivity contribution is 6.05. The molecule has 0 atom stereocenters. The number of rotatable bonds is 3. The quantitative estimate of drug-likeness (QED) is 0.551.